The monoisotopic (exact) mass is 337 g/mol. The van der Waals surface area contributed by atoms with Crippen LogP contribution in [-0.2, 0) is 17.8 Å². The molecule has 23 heavy (non-hydrogen) atoms. The summed E-state index contributed by atoms with van der Waals surface area (Å²) in [5.74, 6) is 0.446. The first kappa shape index (κ1) is 18.2. The van der Waals surface area contributed by atoms with Gasteiger partial charge in [-0.1, -0.05) is 24.3 Å². The molecule has 0 spiro atoms. The van der Waals surface area contributed by atoms with Gasteiger partial charge in [0.25, 0.3) is 0 Å². The second-order valence-electron chi connectivity index (χ2n) is 6.61. The quantitative estimate of drug-likeness (QED) is 0.883. The summed E-state index contributed by atoms with van der Waals surface area (Å²) in [6.07, 6.45) is 3.05. The molecule has 1 unspecified atom stereocenters. The molecule has 1 aromatic rings. The van der Waals surface area contributed by atoms with Crippen LogP contribution >= 0.6 is 12.4 Å². The minimum absolute atomic E-state index is 0. The molecule has 2 heterocycles. The van der Waals surface area contributed by atoms with Gasteiger partial charge in [-0.05, 0) is 50.4 Å². The van der Waals surface area contributed by atoms with Crippen molar-refractivity contribution < 1.29 is 4.79 Å². The molecular weight excluding hydrogens is 310 g/mol. The van der Waals surface area contributed by atoms with E-state index >= 15 is 0 Å². The summed E-state index contributed by atoms with van der Waals surface area (Å²) >= 11 is 0. The summed E-state index contributed by atoms with van der Waals surface area (Å²) in [5.41, 5.74) is 2.91. The van der Waals surface area contributed by atoms with E-state index in [1.54, 1.807) is 0 Å². The average molecular weight is 338 g/mol. The van der Waals surface area contributed by atoms with Gasteiger partial charge in [0.05, 0.1) is 0 Å². The first-order valence-corrected chi connectivity index (χ1v) is 8.53. The summed E-state index contributed by atoms with van der Waals surface area (Å²) < 4.78 is 0. The molecule has 0 aliphatic carbocycles. The van der Waals surface area contributed by atoms with Crippen molar-refractivity contribution >= 4 is 18.3 Å². The molecule has 1 atom stereocenters. The number of benzene rings is 1. The molecule has 1 aromatic carbocycles. The lowest BCUT2D eigenvalue weighted by Gasteiger charge is -2.34. The van der Waals surface area contributed by atoms with E-state index in [1.165, 1.54) is 11.1 Å². The number of halogens is 1. The third kappa shape index (κ3) is 4.69. The van der Waals surface area contributed by atoms with E-state index in [9.17, 15) is 4.79 Å². The molecular formula is C18H28ClN3O. The van der Waals surface area contributed by atoms with Crippen molar-refractivity contribution in [3.8, 4) is 0 Å². The topological polar surface area (TPSA) is 44.4 Å². The van der Waals surface area contributed by atoms with E-state index in [-0.39, 0.29) is 24.2 Å². The highest BCUT2D eigenvalue weighted by Crippen LogP contribution is 2.20. The van der Waals surface area contributed by atoms with E-state index in [2.05, 4.69) is 46.7 Å². The van der Waals surface area contributed by atoms with Crippen molar-refractivity contribution in [3.63, 3.8) is 0 Å². The van der Waals surface area contributed by atoms with Crippen LogP contribution in [0.3, 0.4) is 0 Å². The lowest BCUT2D eigenvalue weighted by molar-refractivity contribution is -0.126. The summed E-state index contributed by atoms with van der Waals surface area (Å²) in [6.45, 7) is 7.00. The fraction of sp³-hybridized carbons (Fsp3) is 0.611. The minimum atomic E-state index is 0. The maximum Gasteiger partial charge on any atom is 0.223 e. The van der Waals surface area contributed by atoms with Crippen LogP contribution in [0.4, 0.5) is 0 Å². The number of carbonyl (C=O) groups is 1. The van der Waals surface area contributed by atoms with Crippen molar-refractivity contribution in [2.24, 2.45) is 5.92 Å². The first-order chi connectivity index (χ1) is 10.7. The first-order valence-electron chi connectivity index (χ1n) is 8.53. The van der Waals surface area contributed by atoms with Gasteiger partial charge in [0.2, 0.25) is 5.91 Å². The summed E-state index contributed by atoms with van der Waals surface area (Å²) in [7, 11) is 0. The maximum absolute atomic E-state index is 12.2. The minimum Gasteiger partial charge on any atom is -0.354 e. The lowest BCUT2D eigenvalue weighted by Crippen LogP contribution is -2.46. The number of rotatable bonds is 4. The van der Waals surface area contributed by atoms with Crippen LogP contribution in [0, 0.1) is 5.92 Å². The SMILES string of the molecule is CC(CNC(=O)C1CCNCC1)N1CCc2ccccc2C1.Cl. The van der Waals surface area contributed by atoms with Gasteiger partial charge in [0, 0.05) is 31.6 Å². The highest BCUT2D eigenvalue weighted by molar-refractivity contribution is 5.85. The Kier molecular flexibility index (Phi) is 6.88. The van der Waals surface area contributed by atoms with E-state index in [0.29, 0.717) is 6.04 Å². The molecule has 2 N–H and O–H groups in total. The Bertz CT molecular complexity index is 517. The van der Waals surface area contributed by atoms with Crippen LogP contribution in [0.25, 0.3) is 0 Å². The molecule has 0 aromatic heterocycles. The molecule has 1 fully saturated rings. The van der Waals surface area contributed by atoms with Crippen LogP contribution in [0.15, 0.2) is 24.3 Å². The highest BCUT2D eigenvalue weighted by Gasteiger charge is 2.23. The van der Waals surface area contributed by atoms with Crippen molar-refractivity contribution in [1.82, 2.24) is 15.5 Å². The Hall–Kier alpha value is -1.10. The molecule has 2 aliphatic rings. The van der Waals surface area contributed by atoms with Crippen molar-refractivity contribution in [1.29, 1.82) is 0 Å². The third-order valence-electron chi connectivity index (χ3n) is 5.07. The molecule has 0 bridgehead atoms. The molecule has 1 saturated heterocycles. The van der Waals surface area contributed by atoms with Gasteiger partial charge < -0.3 is 10.6 Å². The van der Waals surface area contributed by atoms with Gasteiger partial charge in [-0.15, -0.1) is 12.4 Å². The van der Waals surface area contributed by atoms with E-state index in [1.807, 2.05) is 0 Å². The molecule has 3 rings (SSSR count). The highest BCUT2D eigenvalue weighted by atomic mass is 35.5. The Balaban J connectivity index is 0.00000192. The Morgan fingerprint density at radius 2 is 2.00 bits per heavy atom. The largest absolute Gasteiger partial charge is 0.354 e. The van der Waals surface area contributed by atoms with Gasteiger partial charge in [-0.25, -0.2) is 0 Å². The third-order valence-corrected chi connectivity index (χ3v) is 5.07. The zero-order valence-electron chi connectivity index (χ0n) is 13.9. The number of amides is 1. The molecule has 0 radical (unpaired) electrons. The standard InChI is InChI=1S/C18H27N3O.ClH/c1-14(12-20-18(22)16-6-9-19-10-7-16)21-11-8-15-4-2-3-5-17(15)13-21;/h2-5,14,16,19H,6-13H2,1H3,(H,20,22);1H. The van der Waals surface area contributed by atoms with Gasteiger partial charge >= 0.3 is 0 Å². The van der Waals surface area contributed by atoms with Crippen LogP contribution < -0.4 is 10.6 Å². The fourth-order valence-corrected chi connectivity index (χ4v) is 3.50. The van der Waals surface area contributed by atoms with Crippen LogP contribution in [0.2, 0.25) is 0 Å². The maximum atomic E-state index is 12.2. The lowest BCUT2D eigenvalue weighted by atomic mass is 9.97. The number of hydrogen-bond acceptors (Lipinski definition) is 3. The van der Waals surface area contributed by atoms with Gasteiger partial charge in [0.15, 0.2) is 0 Å². The molecule has 0 saturated carbocycles. The summed E-state index contributed by atoms with van der Waals surface area (Å²) in [6, 6.07) is 9.08. The van der Waals surface area contributed by atoms with Gasteiger partial charge in [-0.3, -0.25) is 9.69 Å². The molecule has 1 amide bonds. The number of fused-ring (bicyclic) bond motifs is 1. The predicted molar refractivity (Wildman–Crippen MR) is 95.9 cm³/mol. The van der Waals surface area contributed by atoms with Crippen LogP contribution in [0.1, 0.15) is 30.9 Å². The van der Waals surface area contributed by atoms with E-state index in [0.717, 1.165) is 52.0 Å². The smallest absolute Gasteiger partial charge is 0.223 e. The van der Waals surface area contributed by atoms with E-state index < -0.39 is 0 Å². The van der Waals surface area contributed by atoms with Crippen molar-refractivity contribution in [2.45, 2.75) is 38.8 Å². The number of carbonyl (C=O) groups excluding carboxylic acids is 1. The van der Waals surface area contributed by atoms with Crippen molar-refractivity contribution in [3.05, 3.63) is 35.4 Å². The fourth-order valence-electron chi connectivity index (χ4n) is 3.50. The van der Waals surface area contributed by atoms with Crippen LogP contribution in [0.5, 0.6) is 0 Å². The average Bonchev–Trinajstić information content (AvgIpc) is 2.59. The zero-order chi connectivity index (χ0) is 15.4. The molecule has 4 nitrogen and oxygen atoms in total. The molecule has 128 valence electrons. The second kappa shape index (κ2) is 8.67. The number of hydrogen-bond donors (Lipinski definition) is 2. The zero-order valence-corrected chi connectivity index (χ0v) is 14.7. The van der Waals surface area contributed by atoms with Gasteiger partial charge in [0.1, 0.15) is 0 Å². The number of piperidine rings is 1. The summed E-state index contributed by atoms with van der Waals surface area (Å²) in [5, 5.41) is 6.47. The Labute approximate surface area is 145 Å². The Morgan fingerprint density at radius 1 is 1.30 bits per heavy atom. The number of nitrogens with one attached hydrogen (secondary N) is 2. The predicted octanol–water partition coefficient (Wildman–Crippen LogP) is 1.97. The Morgan fingerprint density at radius 3 is 2.74 bits per heavy atom. The normalized spacial score (nSPS) is 20.2. The molecule has 2 aliphatic heterocycles. The molecule has 5 heteroatoms. The summed E-state index contributed by atoms with van der Waals surface area (Å²) in [4.78, 5) is 14.7. The van der Waals surface area contributed by atoms with Crippen molar-refractivity contribution in [2.75, 3.05) is 26.2 Å². The van der Waals surface area contributed by atoms with Crippen LogP contribution in [-0.4, -0.2) is 43.0 Å². The van der Waals surface area contributed by atoms with E-state index in [4.69, 9.17) is 0 Å². The van der Waals surface area contributed by atoms with Gasteiger partial charge in [-0.2, -0.15) is 0 Å². The second-order valence-corrected chi connectivity index (χ2v) is 6.61. The number of nitrogens with zero attached hydrogens (tertiary/aromatic N) is 1.